The fourth-order valence-electron chi connectivity index (χ4n) is 2.23. The number of hydrogen-bond acceptors (Lipinski definition) is 3. The molecule has 0 atom stereocenters. The molecule has 1 aromatic rings. The molecule has 1 fully saturated rings. The van der Waals surface area contributed by atoms with Crippen LogP contribution in [0.3, 0.4) is 0 Å². The van der Waals surface area contributed by atoms with E-state index < -0.39 is 0 Å². The van der Waals surface area contributed by atoms with Crippen molar-refractivity contribution in [2.45, 2.75) is 26.8 Å². The molecule has 1 aliphatic heterocycles. The van der Waals surface area contributed by atoms with Gasteiger partial charge < -0.3 is 15.5 Å². The van der Waals surface area contributed by atoms with E-state index in [1.807, 2.05) is 11.6 Å². The highest BCUT2D eigenvalue weighted by Crippen LogP contribution is 2.07. The van der Waals surface area contributed by atoms with E-state index in [0.717, 1.165) is 18.7 Å². The van der Waals surface area contributed by atoms with E-state index in [1.54, 1.807) is 11.1 Å². The molecule has 7 heteroatoms. The molecule has 0 unspecified atom stereocenters. The molecule has 3 amide bonds. The number of rotatable bonds is 6. The first-order valence-corrected chi connectivity index (χ1v) is 6.97. The van der Waals surface area contributed by atoms with Crippen LogP contribution in [-0.2, 0) is 6.54 Å². The smallest absolute Gasteiger partial charge is 0.317 e. The molecular weight excluding hydrogens is 258 g/mol. The Labute approximate surface area is 118 Å². The number of aryl methyl sites for hydroxylation is 1. The monoisotopic (exact) mass is 279 g/mol. The van der Waals surface area contributed by atoms with Gasteiger partial charge in [0.1, 0.15) is 0 Å². The second kappa shape index (κ2) is 6.40. The summed E-state index contributed by atoms with van der Waals surface area (Å²) in [5, 5.41) is 9.76. The Morgan fingerprint density at radius 1 is 1.50 bits per heavy atom. The zero-order valence-electron chi connectivity index (χ0n) is 12.0. The average Bonchev–Trinajstić information content (AvgIpc) is 2.98. The Kier molecular flexibility index (Phi) is 4.60. The Bertz CT molecular complexity index is 497. The molecule has 1 aromatic heterocycles. The molecule has 0 aromatic carbocycles. The second-order valence-electron chi connectivity index (χ2n) is 4.84. The van der Waals surface area contributed by atoms with Crippen molar-refractivity contribution in [3.05, 3.63) is 17.5 Å². The maximum absolute atomic E-state index is 12.1. The SMILES string of the molecule is CCCn1ncc(C(=O)NCCN2CCNC2=O)c1C. The van der Waals surface area contributed by atoms with Gasteiger partial charge in [-0.3, -0.25) is 9.48 Å². The molecular formula is C13H21N5O2. The highest BCUT2D eigenvalue weighted by Gasteiger charge is 2.19. The third-order valence-corrected chi connectivity index (χ3v) is 3.40. The van der Waals surface area contributed by atoms with E-state index in [4.69, 9.17) is 0 Å². The summed E-state index contributed by atoms with van der Waals surface area (Å²) in [4.78, 5) is 25.1. The van der Waals surface area contributed by atoms with Crippen molar-refractivity contribution in [3.8, 4) is 0 Å². The fourth-order valence-corrected chi connectivity index (χ4v) is 2.23. The van der Waals surface area contributed by atoms with Crippen LogP contribution in [0.1, 0.15) is 29.4 Å². The minimum absolute atomic E-state index is 0.0637. The van der Waals surface area contributed by atoms with Gasteiger partial charge in [-0.05, 0) is 13.3 Å². The lowest BCUT2D eigenvalue weighted by molar-refractivity contribution is 0.0949. The van der Waals surface area contributed by atoms with Crippen LogP contribution in [0.4, 0.5) is 4.79 Å². The van der Waals surface area contributed by atoms with E-state index >= 15 is 0 Å². The number of urea groups is 1. The van der Waals surface area contributed by atoms with Crippen LogP contribution in [0.15, 0.2) is 6.20 Å². The zero-order chi connectivity index (χ0) is 14.5. The van der Waals surface area contributed by atoms with Gasteiger partial charge in [-0.1, -0.05) is 6.92 Å². The van der Waals surface area contributed by atoms with Gasteiger partial charge in [-0.2, -0.15) is 5.10 Å². The summed E-state index contributed by atoms with van der Waals surface area (Å²) >= 11 is 0. The van der Waals surface area contributed by atoms with Crippen LogP contribution in [0, 0.1) is 6.92 Å². The molecule has 1 aliphatic rings. The van der Waals surface area contributed by atoms with Gasteiger partial charge in [-0.15, -0.1) is 0 Å². The quantitative estimate of drug-likeness (QED) is 0.789. The zero-order valence-corrected chi connectivity index (χ0v) is 12.0. The third-order valence-electron chi connectivity index (χ3n) is 3.40. The Balaban J connectivity index is 1.84. The second-order valence-corrected chi connectivity index (χ2v) is 4.84. The molecule has 2 heterocycles. The summed E-state index contributed by atoms with van der Waals surface area (Å²) in [6.45, 7) is 7.13. The van der Waals surface area contributed by atoms with E-state index in [0.29, 0.717) is 31.7 Å². The number of nitrogens with one attached hydrogen (secondary N) is 2. The Morgan fingerprint density at radius 3 is 2.95 bits per heavy atom. The highest BCUT2D eigenvalue weighted by molar-refractivity contribution is 5.95. The van der Waals surface area contributed by atoms with Crippen LogP contribution in [0.2, 0.25) is 0 Å². The van der Waals surface area contributed by atoms with Crippen molar-refractivity contribution in [1.82, 2.24) is 25.3 Å². The van der Waals surface area contributed by atoms with Gasteiger partial charge >= 0.3 is 6.03 Å². The predicted octanol–water partition coefficient (Wildman–Crippen LogP) is 0.357. The topological polar surface area (TPSA) is 79.3 Å². The molecule has 0 saturated carbocycles. The van der Waals surface area contributed by atoms with Crippen molar-refractivity contribution in [1.29, 1.82) is 0 Å². The number of hydrogen-bond donors (Lipinski definition) is 2. The molecule has 0 bridgehead atoms. The molecule has 2 N–H and O–H groups in total. The minimum Gasteiger partial charge on any atom is -0.350 e. The lowest BCUT2D eigenvalue weighted by Crippen LogP contribution is -2.36. The molecule has 1 saturated heterocycles. The summed E-state index contributed by atoms with van der Waals surface area (Å²) in [5.41, 5.74) is 1.48. The predicted molar refractivity (Wildman–Crippen MR) is 74.6 cm³/mol. The van der Waals surface area contributed by atoms with Crippen LogP contribution in [-0.4, -0.2) is 52.8 Å². The summed E-state index contributed by atoms with van der Waals surface area (Å²) in [6, 6.07) is -0.0637. The van der Waals surface area contributed by atoms with Gasteiger partial charge in [0.2, 0.25) is 0 Å². The van der Waals surface area contributed by atoms with E-state index in [1.165, 1.54) is 0 Å². The number of carbonyl (C=O) groups excluding carboxylic acids is 2. The van der Waals surface area contributed by atoms with Gasteiger partial charge in [0.25, 0.3) is 5.91 Å². The minimum atomic E-state index is -0.135. The maximum Gasteiger partial charge on any atom is 0.317 e. The standard InChI is InChI=1S/C13H21N5O2/c1-3-6-18-10(2)11(9-16-18)12(19)14-4-7-17-8-5-15-13(17)20/h9H,3-8H2,1-2H3,(H,14,19)(H,15,20). The first kappa shape index (κ1) is 14.4. The molecule has 110 valence electrons. The average molecular weight is 279 g/mol. The fraction of sp³-hybridized carbons (Fsp3) is 0.615. The molecule has 0 radical (unpaired) electrons. The van der Waals surface area contributed by atoms with Gasteiger partial charge in [0, 0.05) is 38.4 Å². The lowest BCUT2D eigenvalue weighted by Gasteiger charge is -2.14. The van der Waals surface area contributed by atoms with Crippen molar-refractivity contribution in [2.24, 2.45) is 0 Å². The number of amides is 3. The van der Waals surface area contributed by atoms with E-state index in [-0.39, 0.29) is 11.9 Å². The van der Waals surface area contributed by atoms with Crippen LogP contribution >= 0.6 is 0 Å². The van der Waals surface area contributed by atoms with Gasteiger partial charge in [-0.25, -0.2) is 4.79 Å². The molecule has 20 heavy (non-hydrogen) atoms. The Morgan fingerprint density at radius 2 is 2.30 bits per heavy atom. The molecule has 0 spiro atoms. The third kappa shape index (κ3) is 3.09. The van der Waals surface area contributed by atoms with Crippen LogP contribution < -0.4 is 10.6 Å². The van der Waals surface area contributed by atoms with Gasteiger partial charge in [0.15, 0.2) is 0 Å². The molecule has 2 rings (SSSR count). The Hall–Kier alpha value is -2.05. The van der Waals surface area contributed by atoms with Crippen molar-refractivity contribution in [3.63, 3.8) is 0 Å². The summed E-state index contributed by atoms with van der Waals surface area (Å²) in [7, 11) is 0. The summed E-state index contributed by atoms with van der Waals surface area (Å²) in [6.07, 6.45) is 2.58. The van der Waals surface area contributed by atoms with Crippen molar-refractivity contribution >= 4 is 11.9 Å². The maximum atomic E-state index is 12.1. The first-order valence-electron chi connectivity index (χ1n) is 6.97. The molecule has 0 aliphatic carbocycles. The van der Waals surface area contributed by atoms with Crippen LogP contribution in [0.25, 0.3) is 0 Å². The molecule has 7 nitrogen and oxygen atoms in total. The largest absolute Gasteiger partial charge is 0.350 e. The first-order chi connectivity index (χ1) is 9.63. The van der Waals surface area contributed by atoms with E-state index in [2.05, 4.69) is 22.7 Å². The van der Waals surface area contributed by atoms with Crippen molar-refractivity contribution in [2.75, 3.05) is 26.2 Å². The lowest BCUT2D eigenvalue weighted by atomic mass is 10.2. The van der Waals surface area contributed by atoms with Crippen molar-refractivity contribution < 1.29 is 9.59 Å². The van der Waals surface area contributed by atoms with E-state index in [9.17, 15) is 9.59 Å². The van der Waals surface area contributed by atoms with Crippen LogP contribution in [0.5, 0.6) is 0 Å². The number of aromatic nitrogens is 2. The summed E-state index contributed by atoms with van der Waals surface area (Å²) in [5.74, 6) is -0.135. The summed E-state index contributed by atoms with van der Waals surface area (Å²) < 4.78 is 1.84. The number of carbonyl (C=O) groups is 2. The van der Waals surface area contributed by atoms with Gasteiger partial charge in [0.05, 0.1) is 11.8 Å². The number of nitrogens with zero attached hydrogens (tertiary/aromatic N) is 3. The normalized spacial score (nSPS) is 14.5. The highest BCUT2D eigenvalue weighted by atomic mass is 16.2.